The molecule has 0 saturated carbocycles. The first-order chi connectivity index (χ1) is 11.1. The number of amides is 1. The molecule has 1 N–H and O–H groups in total. The van der Waals surface area contributed by atoms with Crippen molar-refractivity contribution in [3.63, 3.8) is 0 Å². The Morgan fingerprint density at radius 1 is 1.09 bits per heavy atom. The number of hydrogen-bond donors (Lipinski definition) is 1. The number of rotatable bonds is 6. The first-order valence-corrected chi connectivity index (χ1v) is 7.25. The quantitative estimate of drug-likeness (QED) is 0.833. The van der Waals surface area contributed by atoms with Gasteiger partial charge in [0.05, 0.1) is 18.7 Å². The van der Waals surface area contributed by atoms with E-state index in [1.165, 1.54) is 7.11 Å². The predicted octanol–water partition coefficient (Wildman–Crippen LogP) is 2.73. The summed E-state index contributed by atoms with van der Waals surface area (Å²) < 4.78 is 10.1. The SMILES string of the molecule is COC(=O)c1cccc(OCC(=O)NC(C)c2ccccc2)c1. The molecule has 0 radical (unpaired) electrons. The van der Waals surface area contributed by atoms with Crippen LogP contribution in [0.15, 0.2) is 54.6 Å². The third kappa shape index (κ3) is 4.85. The van der Waals surface area contributed by atoms with Gasteiger partial charge in [-0.25, -0.2) is 4.79 Å². The number of carbonyl (C=O) groups excluding carboxylic acids is 2. The summed E-state index contributed by atoms with van der Waals surface area (Å²) in [5.74, 6) is -0.238. The van der Waals surface area contributed by atoms with E-state index in [0.717, 1.165) is 5.56 Å². The van der Waals surface area contributed by atoms with Crippen LogP contribution in [0.3, 0.4) is 0 Å². The Morgan fingerprint density at radius 2 is 1.83 bits per heavy atom. The van der Waals surface area contributed by atoms with Crippen LogP contribution < -0.4 is 10.1 Å². The van der Waals surface area contributed by atoms with Crippen molar-refractivity contribution in [2.45, 2.75) is 13.0 Å². The van der Waals surface area contributed by atoms with Gasteiger partial charge >= 0.3 is 5.97 Å². The minimum Gasteiger partial charge on any atom is -0.484 e. The summed E-state index contributed by atoms with van der Waals surface area (Å²) >= 11 is 0. The van der Waals surface area contributed by atoms with Crippen molar-refractivity contribution in [2.24, 2.45) is 0 Å². The standard InChI is InChI=1S/C18H19NO4/c1-13(14-7-4-3-5-8-14)19-17(20)12-23-16-10-6-9-15(11-16)18(21)22-2/h3-11,13H,12H2,1-2H3,(H,19,20). The van der Waals surface area contributed by atoms with E-state index >= 15 is 0 Å². The molecule has 1 atom stereocenters. The molecule has 2 rings (SSSR count). The van der Waals surface area contributed by atoms with E-state index in [1.807, 2.05) is 37.3 Å². The van der Waals surface area contributed by atoms with Gasteiger partial charge in [-0.1, -0.05) is 36.4 Å². The van der Waals surface area contributed by atoms with Crippen molar-refractivity contribution < 1.29 is 19.1 Å². The van der Waals surface area contributed by atoms with Crippen LogP contribution >= 0.6 is 0 Å². The number of nitrogens with one attached hydrogen (secondary N) is 1. The molecule has 23 heavy (non-hydrogen) atoms. The van der Waals surface area contributed by atoms with Gasteiger partial charge in [0, 0.05) is 0 Å². The molecule has 0 bridgehead atoms. The maximum absolute atomic E-state index is 11.9. The molecule has 2 aromatic carbocycles. The Balaban J connectivity index is 1.88. The van der Waals surface area contributed by atoms with Gasteiger partial charge < -0.3 is 14.8 Å². The van der Waals surface area contributed by atoms with Crippen molar-refractivity contribution in [1.82, 2.24) is 5.32 Å². The molecule has 0 spiro atoms. The van der Waals surface area contributed by atoms with Crippen LogP contribution in [-0.4, -0.2) is 25.6 Å². The Bertz CT molecular complexity index is 670. The monoisotopic (exact) mass is 313 g/mol. The van der Waals surface area contributed by atoms with E-state index in [4.69, 9.17) is 4.74 Å². The largest absolute Gasteiger partial charge is 0.484 e. The lowest BCUT2D eigenvalue weighted by Crippen LogP contribution is -2.31. The number of esters is 1. The van der Waals surface area contributed by atoms with E-state index in [2.05, 4.69) is 10.1 Å². The molecule has 2 aromatic rings. The zero-order valence-corrected chi connectivity index (χ0v) is 13.1. The third-order valence-corrected chi connectivity index (χ3v) is 3.30. The molecular formula is C18H19NO4. The summed E-state index contributed by atoms with van der Waals surface area (Å²) in [6, 6.07) is 16.1. The molecule has 0 fully saturated rings. The maximum Gasteiger partial charge on any atom is 0.337 e. The number of benzene rings is 2. The molecule has 0 aliphatic carbocycles. The van der Waals surface area contributed by atoms with Gasteiger partial charge in [0.2, 0.25) is 0 Å². The van der Waals surface area contributed by atoms with Crippen molar-refractivity contribution in [3.05, 3.63) is 65.7 Å². The van der Waals surface area contributed by atoms with Gasteiger partial charge in [-0.05, 0) is 30.7 Å². The van der Waals surface area contributed by atoms with E-state index in [9.17, 15) is 9.59 Å². The van der Waals surface area contributed by atoms with Gasteiger partial charge in [-0.15, -0.1) is 0 Å². The number of methoxy groups -OCH3 is 1. The second kappa shape index (κ2) is 7.98. The molecular weight excluding hydrogens is 294 g/mol. The van der Waals surface area contributed by atoms with E-state index in [0.29, 0.717) is 11.3 Å². The Kier molecular flexibility index (Phi) is 5.74. The first kappa shape index (κ1) is 16.5. The molecule has 0 aliphatic rings. The van der Waals surface area contributed by atoms with E-state index in [-0.39, 0.29) is 18.6 Å². The van der Waals surface area contributed by atoms with E-state index < -0.39 is 5.97 Å². The van der Waals surface area contributed by atoms with E-state index in [1.54, 1.807) is 24.3 Å². The molecule has 5 nitrogen and oxygen atoms in total. The average Bonchev–Trinajstić information content (AvgIpc) is 2.60. The summed E-state index contributed by atoms with van der Waals surface area (Å²) in [6.45, 7) is 1.78. The molecule has 5 heteroatoms. The average molecular weight is 313 g/mol. The summed E-state index contributed by atoms with van der Waals surface area (Å²) in [5.41, 5.74) is 1.40. The van der Waals surface area contributed by atoms with Crippen molar-refractivity contribution >= 4 is 11.9 Å². The lowest BCUT2D eigenvalue weighted by molar-refractivity contribution is -0.123. The highest BCUT2D eigenvalue weighted by Gasteiger charge is 2.11. The van der Waals surface area contributed by atoms with Gasteiger partial charge in [-0.2, -0.15) is 0 Å². The molecule has 0 aromatic heterocycles. The Labute approximate surface area is 135 Å². The minimum atomic E-state index is -0.447. The lowest BCUT2D eigenvalue weighted by Gasteiger charge is -2.14. The number of ether oxygens (including phenoxy) is 2. The molecule has 0 heterocycles. The normalized spacial score (nSPS) is 11.4. The Morgan fingerprint density at radius 3 is 2.52 bits per heavy atom. The highest BCUT2D eigenvalue weighted by Crippen LogP contribution is 2.14. The predicted molar refractivity (Wildman–Crippen MR) is 86.3 cm³/mol. The van der Waals surface area contributed by atoms with Crippen LogP contribution in [0.5, 0.6) is 5.75 Å². The van der Waals surface area contributed by atoms with Crippen molar-refractivity contribution in [1.29, 1.82) is 0 Å². The van der Waals surface area contributed by atoms with Crippen LogP contribution in [0.1, 0.15) is 28.9 Å². The van der Waals surface area contributed by atoms with Crippen LogP contribution in [0, 0.1) is 0 Å². The highest BCUT2D eigenvalue weighted by molar-refractivity contribution is 5.89. The fourth-order valence-electron chi connectivity index (χ4n) is 2.09. The lowest BCUT2D eigenvalue weighted by atomic mass is 10.1. The van der Waals surface area contributed by atoms with Crippen LogP contribution in [0.2, 0.25) is 0 Å². The summed E-state index contributed by atoms with van der Waals surface area (Å²) in [7, 11) is 1.31. The fourth-order valence-corrected chi connectivity index (χ4v) is 2.09. The minimum absolute atomic E-state index is 0.103. The number of carbonyl (C=O) groups is 2. The fraction of sp³-hybridized carbons (Fsp3) is 0.222. The summed E-state index contributed by atoms with van der Waals surface area (Å²) in [4.78, 5) is 23.4. The number of hydrogen-bond acceptors (Lipinski definition) is 4. The van der Waals surface area contributed by atoms with Crippen LogP contribution in [-0.2, 0) is 9.53 Å². The summed E-state index contributed by atoms with van der Waals surface area (Å²) in [5, 5.41) is 2.86. The van der Waals surface area contributed by atoms with Crippen LogP contribution in [0.4, 0.5) is 0 Å². The molecule has 120 valence electrons. The smallest absolute Gasteiger partial charge is 0.337 e. The second-order valence-electron chi connectivity index (χ2n) is 5.01. The Hall–Kier alpha value is -2.82. The molecule has 0 saturated heterocycles. The second-order valence-corrected chi connectivity index (χ2v) is 5.01. The zero-order chi connectivity index (χ0) is 16.7. The van der Waals surface area contributed by atoms with Crippen molar-refractivity contribution in [3.8, 4) is 5.75 Å². The summed E-state index contributed by atoms with van der Waals surface area (Å²) in [6.07, 6.45) is 0. The van der Waals surface area contributed by atoms with Gasteiger partial charge in [0.15, 0.2) is 6.61 Å². The first-order valence-electron chi connectivity index (χ1n) is 7.25. The third-order valence-electron chi connectivity index (χ3n) is 3.30. The van der Waals surface area contributed by atoms with Crippen LogP contribution in [0.25, 0.3) is 0 Å². The topological polar surface area (TPSA) is 64.6 Å². The molecule has 1 amide bonds. The molecule has 0 aliphatic heterocycles. The van der Waals surface area contributed by atoms with Gasteiger partial charge in [0.1, 0.15) is 5.75 Å². The van der Waals surface area contributed by atoms with Crippen molar-refractivity contribution in [2.75, 3.05) is 13.7 Å². The van der Waals surface area contributed by atoms with Gasteiger partial charge in [0.25, 0.3) is 5.91 Å². The zero-order valence-electron chi connectivity index (χ0n) is 13.1. The van der Waals surface area contributed by atoms with Gasteiger partial charge in [-0.3, -0.25) is 4.79 Å². The molecule has 1 unspecified atom stereocenters. The maximum atomic E-state index is 11.9. The highest BCUT2D eigenvalue weighted by atomic mass is 16.5.